The van der Waals surface area contributed by atoms with Crippen molar-refractivity contribution in [2.24, 2.45) is 18.4 Å². The van der Waals surface area contributed by atoms with E-state index in [0.29, 0.717) is 37.6 Å². The lowest BCUT2D eigenvalue weighted by Gasteiger charge is -2.38. The molecule has 12 heteroatoms. The monoisotopic (exact) mass is 639 g/mol. The van der Waals surface area contributed by atoms with Crippen LogP contribution < -0.4 is 10.9 Å². The van der Waals surface area contributed by atoms with Crippen LogP contribution in [0.1, 0.15) is 55.7 Å². The van der Waals surface area contributed by atoms with Crippen LogP contribution in [0.2, 0.25) is 0 Å². The topological polar surface area (TPSA) is 112 Å². The molecule has 1 saturated carbocycles. The Morgan fingerprint density at radius 2 is 1.89 bits per heavy atom. The highest BCUT2D eigenvalue weighted by Crippen LogP contribution is 2.46. The second-order valence-corrected chi connectivity index (χ2v) is 14.0. The minimum absolute atomic E-state index is 0.130. The zero-order chi connectivity index (χ0) is 32.1. The van der Waals surface area contributed by atoms with Crippen molar-refractivity contribution in [1.29, 1.82) is 0 Å². The van der Waals surface area contributed by atoms with E-state index in [4.69, 9.17) is 0 Å². The second kappa shape index (κ2) is 12.2. The zero-order valence-electron chi connectivity index (χ0n) is 26.8. The molecular weight excluding hydrogens is 597 g/mol. The van der Waals surface area contributed by atoms with Gasteiger partial charge in [-0.1, -0.05) is 30.3 Å². The van der Waals surface area contributed by atoms with E-state index < -0.39 is 5.41 Å². The fraction of sp³-hybridized carbons (Fsp3) is 0.514. The Morgan fingerprint density at radius 3 is 2.66 bits per heavy atom. The molecule has 5 atom stereocenters. The minimum atomic E-state index is -0.397. The lowest BCUT2D eigenvalue weighted by atomic mass is 9.76. The summed E-state index contributed by atoms with van der Waals surface area (Å²) in [5.74, 6) is 0.998. The molecule has 3 aromatic rings. The molecule has 5 aliphatic rings. The third-order valence-electron chi connectivity index (χ3n) is 11.3. The Morgan fingerprint density at radius 1 is 1.06 bits per heavy atom. The molecule has 6 heterocycles. The van der Waals surface area contributed by atoms with Gasteiger partial charge in [0.25, 0.3) is 0 Å². The first-order valence-electron chi connectivity index (χ1n) is 16.9. The molecule has 11 nitrogen and oxygen atoms in total. The predicted molar refractivity (Wildman–Crippen MR) is 174 cm³/mol. The highest BCUT2D eigenvalue weighted by molar-refractivity contribution is 5.86. The first-order valence-corrected chi connectivity index (χ1v) is 16.9. The van der Waals surface area contributed by atoms with Crippen LogP contribution in [0.5, 0.6) is 0 Å². The van der Waals surface area contributed by atoms with Gasteiger partial charge in [0.1, 0.15) is 12.1 Å². The number of hydrogen-bond acceptors (Lipinski definition) is 8. The Bertz CT molecular complexity index is 1690. The number of fused-ring (bicyclic) bond motifs is 1. The molecule has 3 saturated heterocycles. The quantitative estimate of drug-likeness (QED) is 0.424. The van der Waals surface area contributed by atoms with Crippen molar-refractivity contribution < 1.29 is 14.0 Å². The third kappa shape index (κ3) is 5.66. The number of aryl methyl sites for hydroxylation is 1. The van der Waals surface area contributed by atoms with Gasteiger partial charge in [0.05, 0.1) is 24.2 Å². The molecule has 4 fully saturated rings. The minimum Gasteiger partial charge on any atom is -0.339 e. The molecule has 4 aliphatic heterocycles. The Labute approximate surface area is 274 Å². The number of carbonyl (C=O) groups is 2. The molecule has 2 N–H and O–H groups in total. The number of halogens is 1. The van der Waals surface area contributed by atoms with Crippen molar-refractivity contribution in [2.75, 3.05) is 39.3 Å². The first kappa shape index (κ1) is 30.3. The van der Waals surface area contributed by atoms with Gasteiger partial charge in [-0.15, -0.1) is 0 Å². The van der Waals surface area contributed by atoms with E-state index >= 15 is 0 Å². The molecule has 47 heavy (non-hydrogen) atoms. The molecule has 8 rings (SSSR count). The number of likely N-dealkylation sites (tertiary alicyclic amines) is 2. The summed E-state index contributed by atoms with van der Waals surface area (Å²) in [4.78, 5) is 41.9. The van der Waals surface area contributed by atoms with Gasteiger partial charge >= 0.3 is 0 Å². The average Bonchev–Trinajstić information content (AvgIpc) is 3.89. The molecule has 2 amide bonds. The highest BCUT2D eigenvalue weighted by Gasteiger charge is 2.54. The van der Waals surface area contributed by atoms with Gasteiger partial charge in [-0.25, -0.2) is 14.8 Å². The Kier molecular flexibility index (Phi) is 7.89. The van der Waals surface area contributed by atoms with E-state index in [1.54, 1.807) is 23.3 Å². The number of aromatic nitrogens is 4. The lowest BCUT2D eigenvalue weighted by molar-refractivity contribution is -0.139. The van der Waals surface area contributed by atoms with Gasteiger partial charge in [-0.05, 0) is 68.2 Å². The normalized spacial score (nSPS) is 29.5. The fourth-order valence-corrected chi connectivity index (χ4v) is 8.69. The number of carbonyl (C=O) groups excluding carboxylic acids is 2. The van der Waals surface area contributed by atoms with Crippen LogP contribution in [0.3, 0.4) is 0 Å². The number of hydrazine groups is 1. The smallest absolute Gasteiger partial charge is 0.237 e. The van der Waals surface area contributed by atoms with E-state index in [9.17, 15) is 14.0 Å². The Hall–Kier alpha value is -4.00. The van der Waals surface area contributed by atoms with Crippen molar-refractivity contribution in [3.63, 3.8) is 0 Å². The number of rotatable bonds is 6. The number of hydrogen-bond donors (Lipinski definition) is 2. The maximum Gasteiger partial charge on any atom is 0.237 e. The van der Waals surface area contributed by atoms with Crippen LogP contribution in [0, 0.1) is 17.2 Å². The molecule has 2 aromatic heterocycles. The van der Waals surface area contributed by atoms with E-state index in [-0.39, 0.29) is 41.7 Å². The van der Waals surface area contributed by atoms with Crippen LogP contribution >= 0.6 is 0 Å². The van der Waals surface area contributed by atoms with Gasteiger partial charge in [0, 0.05) is 62.6 Å². The number of benzene rings is 1. The van der Waals surface area contributed by atoms with Crippen LogP contribution in [0.25, 0.3) is 17.0 Å². The number of amides is 2. The molecule has 1 aromatic carbocycles. The number of pyridine rings is 1. The van der Waals surface area contributed by atoms with Gasteiger partial charge in [-0.2, -0.15) is 5.10 Å². The SMILES string of the molecule is Cn1cnc(-c2ccc(C3=CCN(C(=O)CN4CC[C@]5(CCN(C6CCC7NNC(c8ccncc8F)C7C6)C5=O)C4)CC3)cc2)n1. The highest BCUT2D eigenvalue weighted by atomic mass is 19.1. The maximum absolute atomic E-state index is 14.6. The molecule has 0 bridgehead atoms. The summed E-state index contributed by atoms with van der Waals surface area (Å²) in [6.45, 7) is 3.82. The summed E-state index contributed by atoms with van der Waals surface area (Å²) >= 11 is 0. The summed E-state index contributed by atoms with van der Waals surface area (Å²) in [7, 11) is 1.86. The van der Waals surface area contributed by atoms with E-state index in [1.807, 2.05) is 24.1 Å². The van der Waals surface area contributed by atoms with Crippen LogP contribution in [0.15, 0.2) is 55.1 Å². The van der Waals surface area contributed by atoms with Crippen molar-refractivity contribution >= 4 is 17.4 Å². The average molecular weight is 640 g/mol. The van der Waals surface area contributed by atoms with Gasteiger partial charge in [0.15, 0.2) is 5.82 Å². The summed E-state index contributed by atoms with van der Waals surface area (Å²) in [6.07, 6.45) is 12.0. The van der Waals surface area contributed by atoms with Gasteiger partial charge in [-0.3, -0.25) is 29.6 Å². The Balaban J connectivity index is 0.852. The van der Waals surface area contributed by atoms with Gasteiger partial charge < -0.3 is 9.80 Å². The number of nitrogens with zero attached hydrogens (tertiary/aromatic N) is 7. The standard InChI is InChI=1S/C35H42FN9O2/c1-42-22-38-33(41-42)25-4-2-23(3-5-25)24-9-14-44(15-10-24)31(46)20-43-16-11-35(21-43)12-17-45(34(35)47)26-6-7-30-28(18-26)32(40-39-30)27-8-13-37-19-29(27)36/h2-5,8-9,13,19,22,26,28,30,32,39-40H,6-7,10-12,14-18,20-21H2,1H3/t26?,28?,30?,32?,35-/m0/s1. The maximum atomic E-state index is 14.6. The zero-order valence-corrected chi connectivity index (χ0v) is 26.8. The molecular formula is C35H42FN9O2. The first-order chi connectivity index (χ1) is 22.9. The fourth-order valence-electron chi connectivity index (χ4n) is 8.69. The number of nitrogens with one attached hydrogen (secondary N) is 2. The van der Waals surface area contributed by atoms with Crippen molar-refractivity contribution in [3.05, 3.63) is 72.1 Å². The van der Waals surface area contributed by atoms with E-state index in [0.717, 1.165) is 62.7 Å². The third-order valence-corrected chi connectivity index (χ3v) is 11.3. The van der Waals surface area contributed by atoms with E-state index in [2.05, 4.69) is 53.9 Å². The van der Waals surface area contributed by atoms with Crippen LogP contribution in [-0.2, 0) is 16.6 Å². The van der Waals surface area contributed by atoms with Crippen molar-refractivity contribution in [3.8, 4) is 11.4 Å². The molecule has 1 aliphatic carbocycles. The van der Waals surface area contributed by atoms with Crippen LogP contribution in [0.4, 0.5) is 4.39 Å². The second-order valence-electron chi connectivity index (χ2n) is 14.0. The molecule has 0 radical (unpaired) electrons. The summed E-state index contributed by atoms with van der Waals surface area (Å²) in [5, 5.41) is 4.38. The predicted octanol–water partition coefficient (Wildman–Crippen LogP) is 2.94. The summed E-state index contributed by atoms with van der Waals surface area (Å²) < 4.78 is 16.3. The lowest BCUT2D eigenvalue weighted by Crippen LogP contribution is -2.47. The molecule has 1 spiro atoms. The van der Waals surface area contributed by atoms with Crippen LogP contribution in [-0.4, -0.2) is 97.6 Å². The van der Waals surface area contributed by atoms with E-state index in [1.165, 1.54) is 11.8 Å². The molecule has 4 unspecified atom stereocenters. The van der Waals surface area contributed by atoms with Crippen molar-refractivity contribution in [2.45, 2.75) is 56.7 Å². The summed E-state index contributed by atoms with van der Waals surface area (Å²) in [5.41, 5.74) is 10.3. The van der Waals surface area contributed by atoms with Crippen molar-refractivity contribution in [1.82, 2.24) is 45.3 Å². The summed E-state index contributed by atoms with van der Waals surface area (Å²) in [6, 6.07) is 10.3. The largest absolute Gasteiger partial charge is 0.339 e. The molecule has 246 valence electrons. The van der Waals surface area contributed by atoms with Gasteiger partial charge in [0.2, 0.25) is 11.8 Å².